The second-order valence-electron chi connectivity index (χ2n) is 5.39. The zero-order valence-corrected chi connectivity index (χ0v) is 12.8. The third-order valence-corrected chi connectivity index (χ3v) is 3.67. The van der Waals surface area contributed by atoms with Crippen molar-refractivity contribution in [3.8, 4) is 0 Å². The highest BCUT2D eigenvalue weighted by molar-refractivity contribution is 5.82. The molecule has 0 spiro atoms. The number of nitrogens with one attached hydrogen (secondary N) is 1. The molecule has 0 fully saturated rings. The first kappa shape index (κ1) is 15.7. The molecular weight excluding hydrogens is 238 g/mol. The first-order chi connectivity index (χ1) is 8.85. The molecule has 19 heavy (non-hydrogen) atoms. The molecule has 106 valence electrons. The number of methoxy groups -OCH3 is 1. The Morgan fingerprint density at radius 1 is 1.42 bits per heavy atom. The molecule has 0 aliphatic heterocycles. The predicted molar refractivity (Wildman–Crippen MR) is 78.2 cm³/mol. The molecule has 0 aliphatic rings. The highest BCUT2D eigenvalue weighted by Gasteiger charge is 2.38. The van der Waals surface area contributed by atoms with Crippen molar-refractivity contribution < 1.29 is 9.53 Å². The van der Waals surface area contributed by atoms with E-state index in [9.17, 15) is 4.79 Å². The standard InChI is InChI=1S/C16H25NO2/c1-7-13(4)17-16(5,15(18)19-6)14-10-11(2)8-9-12(14)3/h8-10,13,17H,7H2,1-6H3. The van der Waals surface area contributed by atoms with Crippen LogP contribution in [0.25, 0.3) is 0 Å². The number of hydrogen-bond acceptors (Lipinski definition) is 3. The average molecular weight is 263 g/mol. The predicted octanol–water partition coefficient (Wildman–Crippen LogP) is 3.08. The lowest BCUT2D eigenvalue weighted by atomic mass is 9.86. The van der Waals surface area contributed by atoms with Gasteiger partial charge in [-0.3, -0.25) is 5.32 Å². The SMILES string of the molecule is CCC(C)NC(C)(C(=O)OC)c1cc(C)ccc1C. The summed E-state index contributed by atoms with van der Waals surface area (Å²) in [6, 6.07) is 6.40. The van der Waals surface area contributed by atoms with Crippen LogP contribution in [0.3, 0.4) is 0 Å². The van der Waals surface area contributed by atoms with E-state index in [2.05, 4.69) is 31.3 Å². The van der Waals surface area contributed by atoms with E-state index in [4.69, 9.17) is 4.74 Å². The van der Waals surface area contributed by atoms with Crippen molar-refractivity contribution in [2.24, 2.45) is 0 Å². The fraction of sp³-hybridized carbons (Fsp3) is 0.562. The molecular formula is C16H25NO2. The van der Waals surface area contributed by atoms with Gasteiger partial charge in [-0.15, -0.1) is 0 Å². The number of rotatable bonds is 5. The van der Waals surface area contributed by atoms with Gasteiger partial charge in [-0.25, -0.2) is 4.79 Å². The molecule has 1 aromatic rings. The molecule has 0 bridgehead atoms. The number of ether oxygens (including phenoxy) is 1. The summed E-state index contributed by atoms with van der Waals surface area (Å²) in [5.41, 5.74) is 2.41. The van der Waals surface area contributed by atoms with E-state index in [0.717, 1.165) is 23.1 Å². The van der Waals surface area contributed by atoms with Crippen LogP contribution in [-0.2, 0) is 15.1 Å². The van der Waals surface area contributed by atoms with E-state index in [1.54, 1.807) is 0 Å². The van der Waals surface area contributed by atoms with Crippen molar-refractivity contribution in [1.82, 2.24) is 5.32 Å². The fourth-order valence-corrected chi connectivity index (χ4v) is 2.32. The number of hydrogen-bond donors (Lipinski definition) is 1. The molecule has 0 aliphatic carbocycles. The summed E-state index contributed by atoms with van der Waals surface area (Å²) in [6.45, 7) is 10.1. The molecule has 0 amide bonds. The molecule has 0 saturated carbocycles. The Labute approximate surface area is 116 Å². The third-order valence-electron chi connectivity index (χ3n) is 3.67. The maximum absolute atomic E-state index is 12.3. The Morgan fingerprint density at radius 3 is 2.58 bits per heavy atom. The second kappa shape index (κ2) is 6.20. The van der Waals surface area contributed by atoms with E-state index in [1.807, 2.05) is 26.8 Å². The molecule has 2 unspecified atom stereocenters. The Kier molecular flexibility index (Phi) is 5.12. The van der Waals surface area contributed by atoms with Crippen LogP contribution in [0.1, 0.15) is 43.9 Å². The van der Waals surface area contributed by atoms with E-state index in [-0.39, 0.29) is 12.0 Å². The number of aryl methyl sites for hydroxylation is 2. The van der Waals surface area contributed by atoms with Gasteiger partial charge in [-0.2, -0.15) is 0 Å². The summed E-state index contributed by atoms with van der Waals surface area (Å²) in [7, 11) is 1.43. The highest BCUT2D eigenvalue weighted by atomic mass is 16.5. The summed E-state index contributed by atoms with van der Waals surface area (Å²) in [5.74, 6) is -0.249. The highest BCUT2D eigenvalue weighted by Crippen LogP contribution is 2.27. The summed E-state index contributed by atoms with van der Waals surface area (Å²) in [4.78, 5) is 12.3. The lowest BCUT2D eigenvalue weighted by Gasteiger charge is -2.33. The maximum atomic E-state index is 12.3. The normalized spacial score (nSPS) is 15.7. The molecule has 0 saturated heterocycles. The molecule has 0 radical (unpaired) electrons. The van der Waals surface area contributed by atoms with Crippen molar-refractivity contribution >= 4 is 5.97 Å². The van der Waals surface area contributed by atoms with Gasteiger partial charge in [0.05, 0.1) is 7.11 Å². The minimum absolute atomic E-state index is 0.240. The fourth-order valence-electron chi connectivity index (χ4n) is 2.32. The zero-order valence-electron chi connectivity index (χ0n) is 12.8. The number of benzene rings is 1. The van der Waals surface area contributed by atoms with Gasteiger partial charge in [0.1, 0.15) is 5.54 Å². The molecule has 3 nitrogen and oxygen atoms in total. The Morgan fingerprint density at radius 2 is 2.05 bits per heavy atom. The largest absolute Gasteiger partial charge is 0.467 e. The van der Waals surface area contributed by atoms with Crippen LogP contribution >= 0.6 is 0 Å². The maximum Gasteiger partial charge on any atom is 0.330 e. The van der Waals surface area contributed by atoms with Crippen LogP contribution < -0.4 is 5.32 Å². The second-order valence-corrected chi connectivity index (χ2v) is 5.39. The van der Waals surface area contributed by atoms with E-state index < -0.39 is 5.54 Å². The summed E-state index contributed by atoms with van der Waals surface area (Å²) < 4.78 is 5.01. The third kappa shape index (κ3) is 3.35. The van der Waals surface area contributed by atoms with Gasteiger partial charge in [-0.05, 0) is 45.2 Å². The lowest BCUT2D eigenvalue weighted by Crippen LogP contribution is -2.51. The smallest absolute Gasteiger partial charge is 0.330 e. The van der Waals surface area contributed by atoms with Gasteiger partial charge in [0, 0.05) is 6.04 Å². The van der Waals surface area contributed by atoms with Gasteiger partial charge in [-0.1, -0.05) is 30.7 Å². The average Bonchev–Trinajstić information content (AvgIpc) is 2.40. The van der Waals surface area contributed by atoms with E-state index in [1.165, 1.54) is 7.11 Å². The first-order valence-corrected chi connectivity index (χ1v) is 6.79. The van der Waals surface area contributed by atoms with Crippen molar-refractivity contribution in [3.05, 3.63) is 34.9 Å². The van der Waals surface area contributed by atoms with Crippen LogP contribution in [0, 0.1) is 13.8 Å². The van der Waals surface area contributed by atoms with Crippen molar-refractivity contribution in [3.63, 3.8) is 0 Å². The molecule has 1 N–H and O–H groups in total. The van der Waals surface area contributed by atoms with Gasteiger partial charge in [0.15, 0.2) is 0 Å². The quantitative estimate of drug-likeness (QED) is 0.830. The van der Waals surface area contributed by atoms with Crippen molar-refractivity contribution in [1.29, 1.82) is 0 Å². The van der Waals surface area contributed by atoms with Crippen molar-refractivity contribution in [2.45, 2.75) is 52.6 Å². The number of carbonyl (C=O) groups is 1. The molecule has 1 rings (SSSR count). The topological polar surface area (TPSA) is 38.3 Å². The van der Waals surface area contributed by atoms with E-state index in [0.29, 0.717) is 0 Å². The summed E-state index contributed by atoms with van der Waals surface area (Å²) in [6.07, 6.45) is 0.956. The van der Waals surface area contributed by atoms with Crippen LogP contribution in [-0.4, -0.2) is 19.1 Å². The monoisotopic (exact) mass is 263 g/mol. The lowest BCUT2D eigenvalue weighted by molar-refractivity contribution is -0.148. The summed E-state index contributed by atoms with van der Waals surface area (Å²) >= 11 is 0. The van der Waals surface area contributed by atoms with Crippen LogP contribution in [0.2, 0.25) is 0 Å². The van der Waals surface area contributed by atoms with Crippen LogP contribution in [0.4, 0.5) is 0 Å². The Bertz CT molecular complexity index is 456. The van der Waals surface area contributed by atoms with E-state index >= 15 is 0 Å². The molecule has 3 heteroatoms. The van der Waals surface area contributed by atoms with Crippen LogP contribution in [0.5, 0.6) is 0 Å². The van der Waals surface area contributed by atoms with Gasteiger partial charge in [0.25, 0.3) is 0 Å². The Hall–Kier alpha value is -1.35. The Balaban J connectivity index is 3.30. The molecule has 1 aromatic carbocycles. The first-order valence-electron chi connectivity index (χ1n) is 6.79. The summed E-state index contributed by atoms with van der Waals surface area (Å²) in [5, 5.41) is 3.40. The number of esters is 1. The van der Waals surface area contributed by atoms with Gasteiger partial charge < -0.3 is 4.74 Å². The minimum Gasteiger partial charge on any atom is -0.467 e. The van der Waals surface area contributed by atoms with Crippen molar-refractivity contribution in [2.75, 3.05) is 7.11 Å². The molecule has 2 atom stereocenters. The minimum atomic E-state index is -0.805. The van der Waals surface area contributed by atoms with Gasteiger partial charge >= 0.3 is 5.97 Å². The number of carbonyl (C=O) groups excluding carboxylic acids is 1. The molecule has 0 aromatic heterocycles. The zero-order chi connectivity index (χ0) is 14.6. The van der Waals surface area contributed by atoms with Crippen LogP contribution in [0.15, 0.2) is 18.2 Å². The molecule has 0 heterocycles. The van der Waals surface area contributed by atoms with Gasteiger partial charge in [0.2, 0.25) is 0 Å².